The van der Waals surface area contributed by atoms with Crippen LogP contribution >= 0.6 is 0 Å². The van der Waals surface area contributed by atoms with E-state index in [0.717, 1.165) is 11.6 Å². The Hall–Kier alpha value is -2.11. The van der Waals surface area contributed by atoms with Gasteiger partial charge >= 0.3 is 12.1 Å². The molecule has 0 aliphatic carbocycles. The number of benzene rings is 1. The van der Waals surface area contributed by atoms with Crippen LogP contribution in [0.25, 0.3) is 6.08 Å². The molecule has 1 rings (SSSR count). The first kappa shape index (κ1) is 14.0. The zero-order valence-corrected chi connectivity index (χ0v) is 9.20. The molecule has 0 unspecified atom stereocenters. The molecule has 0 saturated heterocycles. The zero-order valence-electron chi connectivity index (χ0n) is 9.20. The molecule has 0 bridgehead atoms. The maximum absolute atomic E-state index is 11.8. The van der Waals surface area contributed by atoms with Crippen LogP contribution in [-0.4, -0.2) is 24.4 Å². The minimum absolute atomic E-state index is 0.614. The molecule has 96 valence electrons. The standard InChI is InChI=1S/C12H10F3NO2/c13-12(14,15)11(18)16-8-10(17)7-6-9-4-2-1-3-5-9/h1-7H,8H2,(H,16,18)/b7-6+. The summed E-state index contributed by atoms with van der Waals surface area (Å²) in [7, 11) is 0. The van der Waals surface area contributed by atoms with Crippen LogP contribution < -0.4 is 5.32 Å². The van der Waals surface area contributed by atoms with Crippen molar-refractivity contribution in [2.24, 2.45) is 0 Å². The molecule has 0 aliphatic heterocycles. The average Bonchev–Trinajstić information content (AvgIpc) is 2.33. The van der Waals surface area contributed by atoms with E-state index in [4.69, 9.17) is 0 Å². The molecule has 1 aromatic carbocycles. The van der Waals surface area contributed by atoms with Gasteiger partial charge in [0.2, 0.25) is 0 Å². The van der Waals surface area contributed by atoms with Crippen molar-refractivity contribution < 1.29 is 22.8 Å². The number of alkyl halides is 3. The van der Waals surface area contributed by atoms with Gasteiger partial charge in [-0.2, -0.15) is 13.2 Å². The predicted octanol–water partition coefficient (Wildman–Crippen LogP) is 1.95. The molecule has 0 radical (unpaired) electrons. The molecule has 0 saturated carbocycles. The monoisotopic (exact) mass is 257 g/mol. The van der Waals surface area contributed by atoms with Gasteiger partial charge in [-0.1, -0.05) is 36.4 Å². The second-order valence-corrected chi connectivity index (χ2v) is 3.39. The van der Waals surface area contributed by atoms with Crippen LogP contribution in [-0.2, 0) is 9.59 Å². The van der Waals surface area contributed by atoms with Gasteiger partial charge in [0.25, 0.3) is 0 Å². The summed E-state index contributed by atoms with van der Waals surface area (Å²) in [5, 5.41) is 1.49. The van der Waals surface area contributed by atoms with E-state index in [1.165, 1.54) is 11.4 Å². The van der Waals surface area contributed by atoms with E-state index in [-0.39, 0.29) is 0 Å². The Morgan fingerprint density at radius 3 is 2.33 bits per heavy atom. The second-order valence-electron chi connectivity index (χ2n) is 3.39. The Labute approximate surface area is 101 Å². The number of rotatable bonds is 4. The molecular weight excluding hydrogens is 247 g/mol. The number of hydrogen-bond donors (Lipinski definition) is 1. The van der Waals surface area contributed by atoms with E-state index in [1.54, 1.807) is 30.3 Å². The first-order valence-corrected chi connectivity index (χ1v) is 5.00. The van der Waals surface area contributed by atoms with Gasteiger partial charge in [-0.05, 0) is 11.6 Å². The van der Waals surface area contributed by atoms with E-state index < -0.39 is 24.4 Å². The van der Waals surface area contributed by atoms with Crippen LogP contribution in [0.4, 0.5) is 13.2 Å². The lowest BCUT2D eigenvalue weighted by Gasteiger charge is -2.05. The SMILES string of the molecule is O=C(/C=C/c1ccccc1)CNC(=O)C(F)(F)F. The maximum atomic E-state index is 11.8. The van der Waals surface area contributed by atoms with Gasteiger partial charge in [-0.25, -0.2) is 0 Å². The molecule has 0 spiro atoms. The Morgan fingerprint density at radius 2 is 1.78 bits per heavy atom. The molecular formula is C12H10F3NO2. The molecule has 0 heterocycles. The smallest absolute Gasteiger partial charge is 0.341 e. The first-order valence-electron chi connectivity index (χ1n) is 5.00. The second kappa shape index (κ2) is 6.00. The van der Waals surface area contributed by atoms with Crippen LogP contribution in [0.5, 0.6) is 0 Å². The highest BCUT2D eigenvalue weighted by molar-refractivity contribution is 5.97. The highest BCUT2D eigenvalue weighted by Gasteiger charge is 2.38. The summed E-state index contributed by atoms with van der Waals surface area (Å²) in [4.78, 5) is 21.6. The molecule has 0 aromatic heterocycles. The third kappa shape index (κ3) is 4.82. The third-order valence-electron chi connectivity index (χ3n) is 1.94. The van der Waals surface area contributed by atoms with Gasteiger partial charge in [0.15, 0.2) is 5.78 Å². The van der Waals surface area contributed by atoms with E-state index in [1.807, 2.05) is 0 Å². The number of ketones is 1. The van der Waals surface area contributed by atoms with Gasteiger partial charge in [0, 0.05) is 0 Å². The fourth-order valence-corrected chi connectivity index (χ4v) is 1.08. The Bertz CT molecular complexity index is 452. The number of amides is 1. The van der Waals surface area contributed by atoms with Crippen molar-refractivity contribution in [2.75, 3.05) is 6.54 Å². The summed E-state index contributed by atoms with van der Waals surface area (Å²) >= 11 is 0. The van der Waals surface area contributed by atoms with E-state index >= 15 is 0 Å². The van der Waals surface area contributed by atoms with E-state index in [2.05, 4.69) is 0 Å². The molecule has 0 atom stereocenters. The Kier molecular flexibility index (Phi) is 4.65. The van der Waals surface area contributed by atoms with Crippen LogP contribution in [0, 0.1) is 0 Å². The minimum atomic E-state index is -4.97. The van der Waals surface area contributed by atoms with Crippen LogP contribution in [0.1, 0.15) is 5.56 Å². The number of nitrogens with one attached hydrogen (secondary N) is 1. The lowest BCUT2D eigenvalue weighted by molar-refractivity contribution is -0.173. The average molecular weight is 257 g/mol. The lowest BCUT2D eigenvalue weighted by atomic mass is 10.2. The molecule has 6 heteroatoms. The third-order valence-corrected chi connectivity index (χ3v) is 1.94. The summed E-state index contributed by atoms with van der Waals surface area (Å²) < 4.78 is 35.4. The molecule has 1 N–H and O–H groups in total. The quantitative estimate of drug-likeness (QED) is 0.838. The minimum Gasteiger partial charge on any atom is -0.341 e. The summed E-state index contributed by atoms with van der Waals surface area (Å²) in [5.41, 5.74) is 0.744. The number of carbonyl (C=O) groups excluding carboxylic acids is 2. The van der Waals surface area contributed by atoms with E-state index in [9.17, 15) is 22.8 Å². The lowest BCUT2D eigenvalue weighted by Crippen LogP contribution is -2.39. The van der Waals surface area contributed by atoms with Crippen molar-refractivity contribution in [1.82, 2.24) is 5.32 Å². The number of carbonyl (C=O) groups is 2. The predicted molar refractivity (Wildman–Crippen MR) is 59.5 cm³/mol. The largest absolute Gasteiger partial charge is 0.471 e. The van der Waals surface area contributed by atoms with Crippen molar-refractivity contribution in [3.8, 4) is 0 Å². The molecule has 0 fully saturated rings. The molecule has 3 nitrogen and oxygen atoms in total. The van der Waals surface area contributed by atoms with Gasteiger partial charge in [-0.3, -0.25) is 9.59 Å². The normalized spacial score (nSPS) is 11.5. The van der Waals surface area contributed by atoms with Crippen molar-refractivity contribution in [2.45, 2.75) is 6.18 Å². The van der Waals surface area contributed by atoms with Gasteiger partial charge < -0.3 is 5.32 Å². The molecule has 1 aromatic rings. The van der Waals surface area contributed by atoms with Crippen molar-refractivity contribution in [3.05, 3.63) is 42.0 Å². The van der Waals surface area contributed by atoms with Gasteiger partial charge in [0.1, 0.15) is 0 Å². The zero-order chi connectivity index (χ0) is 13.6. The highest BCUT2D eigenvalue weighted by Crippen LogP contribution is 2.13. The number of hydrogen-bond acceptors (Lipinski definition) is 2. The van der Waals surface area contributed by atoms with Crippen molar-refractivity contribution in [3.63, 3.8) is 0 Å². The summed E-state index contributed by atoms with van der Waals surface area (Å²) in [6, 6.07) is 8.78. The van der Waals surface area contributed by atoms with Crippen molar-refractivity contribution >= 4 is 17.8 Å². The van der Waals surface area contributed by atoms with Crippen molar-refractivity contribution in [1.29, 1.82) is 0 Å². The molecule has 0 aliphatic rings. The number of halogens is 3. The molecule has 18 heavy (non-hydrogen) atoms. The van der Waals surface area contributed by atoms with Gasteiger partial charge in [-0.15, -0.1) is 0 Å². The Balaban J connectivity index is 2.44. The summed E-state index contributed by atoms with van der Waals surface area (Å²) in [6.07, 6.45) is -2.39. The fraction of sp³-hybridized carbons (Fsp3) is 0.167. The highest BCUT2D eigenvalue weighted by atomic mass is 19.4. The van der Waals surface area contributed by atoms with Crippen LogP contribution in [0.3, 0.4) is 0 Å². The van der Waals surface area contributed by atoms with Crippen LogP contribution in [0.2, 0.25) is 0 Å². The van der Waals surface area contributed by atoms with E-state index in [0.29, 0.717) is 0 Å². The topological polar surface area (TPSA) is 46.2 Å². The maximum Gasteiger partial charge on any atom is 0.471 e. The first-order chi connectivity index (χ1) is 8.39. The van der Waals surface area contributed by atoms with Crippen LogP contribution in [0.15, 0.2) is 36.4 Å². The molecule has 1 amide bonds. The summed E-state index contributed by atoms with van der Waals surface area (Å²) in [5.74, 6) is -2.74. The summed E-state index contributed by atoms with van der Waals surface area (Å²) in [6.45, 7) is -0.679. The van der Waals surface area contributed by atoms with Gasteiger partial charge in [0.05, 0.1) is 6.54 Å². The Morgan fingerprint density at radius 1 is 1.17 bits per heavy atom. The fourth-order valence-electron chi connectivity index (χ4n) is 1.08.